The number of fused-ring (bicyclic) bond motifs is 2. The van der Waals surface area contributed by atoms with Gasteiger partial charge in [-0.3, -0.25) is 4.79 Å². The van der Waals surface area contributed by atoms with Gasteiger partial charge in [-0.2, -0.15) is 9.78 Å². The molecule has 8 heteroatoms. The van der Waals surface area contributed by atoms with Crippen LogP contribution < -0.4 is 11.1 Å². The summed E-state index contributed by atoms with van der Waals surface area (Å²) in [6.45, 7) is 3.96. The van der Waals surface area contributed by atoms with Gasteiger partial charge in [0.2, 0.25) is 0 Å². The van der Waals surface area contributed by atoms with Gasteiger partial charge in [-0.25, -0.2) is 9.97 Å². The lowest BCUT2D eigenvalue weighted by molar-refractivity contribution is 0.0941. The molecule has 0 bridgehead atoms. The zero-order chi connectivity index (χ0) is 19.7. The lowest BCUT2D eigenvalue weighted by Crippen LogP contribution is -2.32. The van der Waals surface area contributed by atoms with E-state index in [4.69, 9.17) is 5.73 Å². The molecule has 0 unspecified atom stereocenters. The van der Waals surface area contributed by atoms with Crippen molar-refractivity contribution < 1.29 is 4.79 Å². The van der Waals surface area contributed by atoms with Gasteiger partial charge in [0.1, 0.15) is 16.9 Å². The first-order valence-electron chi connectivity index (χ1n) is 9.04. The normalized spacial score (nSPS) is 12.8. The number of hydrogen-bond donors (Lipinski definition) is 2. The van der Waals surface area contributed by atoms with E-state index in [0.29, 0.717) is 27.8 Å². The molecule has 3 aromatic heterocycles. The number of hydrogen-bond acceptors (Lipinski definition) is 6. The van der Waals surface area contributed by atoms with Gasteiger partial charge in [0, 0.05) is 10.9 Å². The lowest BCUT2D eigenvalue weighted by atomic mass is 10.2. The van der Waals surface area contributed by atoms with Gasteiger partial charge < -0.3 is 11.1 Å². The van der Waals surface area contributed by atoms with Gasteiger partial charge in [0.05, 0.1) is 17.2 Å². The Kier molecular flexibility index (Phi) is 4.79. The van der Waals surface area contributed by atoms with Crippen molar-refractivity contribution in [3.8, 4) is 0 Å². The number of para-hydroxylation sites is 2. The number of anilines is 1. The fourth-order valence-corrected chi connectivity index (χ4v) is 3.44. The molecule has 1 atom stereocenters. The number of amides is 1. The van der Waals surface area contributed by atoms with Crippen molar-refractivity contribution in [3.05, 3.63) is 52.2 Å². The van der Waals surface area contributed by atoms with Gasteiger partial charge in [0.15, 0.2) is 5.65 Å². The van der Waals surface area contributed by atoms with Gasteiger partial charge >= 0.3 is 0 Å². The molecule has 28 heavy (non-hydrogen) atoms. The monoisotopic (exact) mass is 392 g/mol. The molecule has 7 nitrogen and oxygen atoms in total. The fraction of sp³-hybridized carbons (Fsp3) is 0.200. The Morgan fingerprint density at radius 3 is 2.71 bits per heavy atom. The van der Waals surface area contributed by atoms with Gasteiger partial charge in [0.25, 0.3) is 5.91 Å². The molecule has 0 aliphatic heterocycles. The van der Waals surface area contributed by atoms with E-state index in [1.165, 1.54) is 4.68 Å². The molecule has 0 fully saturated rings. The third kappa shape index (κ3) is 3.22. The highest BCUT2D eigenvalue weighted by atomic mass is 32.1. The Balaban J connectivity index is 1.93. The van der Waals surface area contributed by atoms with Crippen LogP contribution in [0.25, 0.3) is 22.2 Å². The van der Waals surface area contributed by atoms with E-state index in [-0.39, 0.29) is 17.8 Å². The molecule has 3 N–H and O–H groups in total. The zero-order valence-electron chi connectivity index (χ0n) is 15.6. The Morgan fingerprint density at radius 2 is 2.04 bits per heavy atom. The Hall–Kier alpha value is -3.26. The summed E-state index contributed by atoms with van der Waals surface area (Å²) in [4.78, 5) is 23.2. The summed E-state index contributed by atoms with van der Waals surface area (Å²) in [7, 11) is 0. The number of aromatic nitrogens is 3. The quantitative estimate of drug-likeness (QED) is 0.507. The average Bonchev–Trinajstić information content (AvgIpc) is 3.30. The van der Waals surface area contributed by atoms with E-state index >= 15 is 0 Å². The van der Waals surface area contributed by atoms with E-state index in [1.54, 1.807) is 17.6 Å². The number of carbonyl (C=O) groups is 1. The number of nitrogens with two attached hydrogens (primary N) is 1. The van der Waals surface area contributed by atoms with Crippen molar-refractivity contribution in [1.29, 1.82) is 0 Å². The van der Waals surface area contributed by atoms with Gasteiger partial charge in [-0.1, -0.05) is 25.1 Å². The molecule has 0 saturated heterocycles. The van der Waals surface area contributed by atoms with Crippen LogP contribution in [0, 0.1) is 0 Å². The number of nitrogens with zero attached hydrogens (tertiary/aromatic N) is 4. The third-order valence-corrected chi connectivity index (χ3v) is 5.34. The molecule has 3 heterocycles. The van der Waals surface area contributed by atoms with E-state index < -0.39 is 0 Å². The van der Waals surface area contributed by atoms with Crippen LogP contribution in [0.2, 0.25) is 0 Å². The van der Waals surface area contributed by atoms with Crippen molar-refractivity contribution in [2.24, 2.45) is 5.10 Å². The summed E-state index contributed by atoms with van der Waals surface area (Å²) in [5.41, 5.74) is 8.97. The Bertz CT molecular complexity index is 1180. The average molecular weight is 392 g/mol. The fourth-order valence-electron chi connectivity index (χ4n) is 2.87. The summed E-state index contributed by atoms with van der Waals surface area (Å²) in [6.07, 6.45) is 2.52. The minimum atomic E-state index is -0.272. The zero-order valence-corrected chi connectivity index (χ0v) is 16.4. The molecule has 4 aromatic rings. The Morgan fingerprint density at radius 1 is 1.29 bits per heavy atom. The first-order valence-corrected chi connectivity index (χ1v) is 9.91. The minimum absolute atomic E-state index is 0.0216. The van der Waals surface area contributed by atoms with Crippen LogP contribution >= 0.6 is 11.3 Å². The van der Waals surface area contributed by atoms with E-state index in [1.807, 2.05) is 55.6 Å². The molecule has 0 aliphatic rings. The predicted molar refractivity (Wildman–Crippen MR) is 114 cm³/mol. The minimum Gasteiger partial charge on any atom is -0.383 e. The first kappa shape index (κ1) is 18.1. The van der Waals surface area contributed by atoms with E-state index in [2.05, 4.69) is 20.4 Å². The van der Waals surface area contributed by atoms with Crippen molar-refractivity contribution in [2.75, 3.05) is 5.73 Å². The second-order valence-corrected chi connectivity index (χ2v) is 7.48. The lowest BCUT2D eigenvalue weighted by Gasteiger charge is -2.11. The number of benzene rings is 1. The maximum Gasteiger partial charge on any atom is 0.257 e. The maximum absolute atomic E-state index is 12.9. The third-order valence-electron chi connectivity index (χ3n) is 4.53. The number of rotatable bonds is 5. The second kappa shape index (κ2) is 7.40. The Labute approximate surface area is 165 Å². The summed E-state index contributed by atoms with van der Waals surface area (Å²) in [6, 6.07) is 11.4. The molecule has 0 spiro atoms. The molecular formula is C20H20N6OS. The van der Waals surface area contributed by atoms with E-state index in [9.17, 15) is 4.79 Å². The molecule has 1 amide bonds. The highest BCUT2D eigenvalue weighted by Gasteiger charge is 2.24. The van der Waals surface area contributed by atoms with Crippen LogP contribution in [0.4, 0.5) is 5.82 Å². The SMILES string of the molecule is CC[C@@H](C)NC(=O)c1c(N)n(/N=C\c2cccs2)c2nc3ccccc3nc12. The van der Waals surface area contributed by atoms with Crippen LogP contribution in [-0.4, -0.2) is 32.8 Å². The highest BCUT2D eigenvalue weighted by Crippen LogP contribution is 2.28. The number of thiophene rings is 1. The van der Waals surface area contributed by atoms with Crippen LogP contribution in [0.15, 0.2) is 46.9 Å². The largest absolute Gasteiger partial charge is 0.383 e. The molecule has 0 radical (unpaired) electrons. The van der Waals surface area contributed by atoms with Crippen molar-refractivity contribution in [2.45, 2.75) is 26.3 Å². The van der Waals surface area contributed by atoms with Crippen molar-refractivity contribution in [1.82, 2.24) is 20.0 Å². The first-order chi connectivity index (χ1) is 13.6. The van der Waals surface area contributed by atoms with Crippen LogP contribution in [0.1, 0.15) is 35.5 Å². The molecule has 1 aromatic carbocycles. The molecule has 0 aliphatic carbocycles. The van der Waals surface area contributed by atoms with Crippen LogP contribution in [0.3, 0.4) is 0 Å². The number of nitrogen functional groups attached to an aromatic ring is 1. The molecular weight excluding hydrogens is 372 g/mol. The van der Waals surface area contributed by atoms with E-state index in [0.717, 1.165) is 11.3 Å². The highest BCUT2D eigenvalue weighted by molar-refractivity contribution is 7.11. The van der Waals surface area contributed by atoms with Gasteiger partial charge in [-0.15, -0.1) is 11.3 Å². The van der Waals surface area contributed by atoms with Gasteiger partial charge in [-0.05, 0) is 36.9 Å². The predicted octanol–water partition coefficient (Wildman–Crippen LogP) is 3.64. The van der Waals surface area contributed by atoms with Crippen molar-refractivity contribution >= 4 is 51.5 Å². The number of nitrogens with one attached hydrogen (secondary N) is 1. The molecule has 0 saturated carbocycles. The smallest absolute Gasteiger partial charge is 0.257 e. The molecule has 4 rings (SSSR count). The summed E-state index contributed by atoms with van der Waals surface area (Å²) in [5.74, 6) is -0.0505. The summed E-state index contributed by atoms with van der Waals surface area (Å²) in [5, 5.41) is 9.41. The van der Waals surface area contributed by atoms with Crippen LogP contribution in [0.5, 0.6) is 0 Å². The standard InChI is InChI=1S/C20H20N6OS/c1-3-12(2)23-20(27)16-17-19(25-15-9-5-4-8-14(15)24-17)26(18(16)21)22-11-13-7-6-10-28-13/h4-12H,3,21H2,1-2H3,(H,23,27)/b22-11-/t12-/m1/s1. The molecule has 142 valence electrons. The second-order valence-electron chi connectivity index (χ2n) is 6.50. The summed E-state index contributed by atoms with van der Waals surface area (Å²) < 4.78 is 1.49. The van der Waals surface area contributed by atoms with Crippen LogP contribution in [-0.2, 0) is 0 Å². The maximum atomic E-state index is 12.9. The topological polar surface area (TPSA) is 98.2 Å². The number of carbonyl (C=O) groups excluding carboxylic acids is 1. The van der Waals surface area contributed by atoms with Crippen molar-refractivity contribution in [3.63, 3.8) is 0 Å². The summed E-state index contributed by atoms with van der Waals surface area (Å²) >= 11 is 1.56.